The highest BCUT2D eigenvalue weighted by Crippen LogP contribution is 2.31. The van der Waals surface area contributed by atoms with Crippen LogP contribution in [0.15, 0.2) is 18.2 Å². The van der Waals surface area contributed by atoms with E-state index in [4.69, 9.17) is 16.7 Å². The van der Waals surface area contributed by atoms with Gasteiger partial charge in [-0.05, 0) is 36.1 Å². The predicted octanol–water partition coefficient (Wildman–Crippen LogP) is 3.04. The summed E-state index contributed by atoms with van der Waals surface area (Å²) in [6.45, 7) is 5.38. The molecule has 2 unspecified atom stereocenters. The van der Waals surface area contributed by atoms with E-state index < -0.39 is 18.0 Å². The third-order valence-electron chi connectivity index (χ3n) is 2.89. The van der Waals surface area contributed by atoms with Gasteiger partial charge >= 0.3 is 5.97 Å². The smallest absolute Gasteiger partial charge is 0.309 e. The largest absolute Gasteiger partial charge is 0.481 e. The lowest BCUT2D eigenvalue weighted by Crippen LogP contribution is -2.27. The van der Waals surface area contributed by atoms with E-state index >= 15 is 0 Å². The van der Waals surface area contributed by atoms with Crippen LogP contribution in [0.5, 0.6) is 0 Å². The van der Waals surface area contributed by atoms with E-state index in [0.717, 1.165) is 5.56 Å². The molecule has 0 saturated heterocycles. The van der Waals surface area contributed by atoms with Crippen LogP contribution in [0.1, 0.15) is 31.1 Å². The summed E-state index contributed by atoms with van der Waals surface area (Å²) in [4.78, 5) is 11.1. The Hall–Kier alpha value is -1.06. The van der Waals surface area contributed by atoms with Crippen LogP contribution in [-0.2, 0) is 4.79 Å². The molecule has 4 heteroatoms. The van der Waals surface area contributed by atoms with E-state index in [0.29, 0.717) is 10.6 Å². The first kappa shape index (κ1) is 14.0. The molecular formula is C13H17ClO3. The lowest BCUT2D eigenvalue weighted by molar-refractivity contribution is -0.148. The Bertz CT molecular complexity index is 415. The number of carbonyl (C=O) groups is 1. The maximum Gasteiger partial charge on any atom is 0.309 e. The van der Waals surface area contributed by atoms with E-state index in [1.54, 1.807) is 32.0 Å². The van der Waals surface area contributed by atoms with Gasteiger partial charge in [0, 0.05) is 5.02 Å². The molecule has 0 fully saturated rings. The molecule has 0 aliphatic carbocycles. The molecule has 3 nitrogen and oxygen atoms in total. The quantitative estimate of drug-likeness (QED) is 0.871. The van der Waals surface area contributed by atoms with Crippen molar-refractivity contribution in [2.24, 2.45) is 11.8 Å². The number of aliphatic carboxylic acids is 1. The summed E-state index contributed by atoms with van der Waals surface area (Å²) in [6, 6.07) is 5.06. The van der Waals surface area contributed by atoms with Crippen LogP contribution in [0, 0.1) is 18.8 Å². The first-order valence-electron chi connectivity index (χ1n) is 5.51. The number of aliphatic hydroxyl groups excluding tert-OH is 1. The molecule has 0 aliphatic rings. The Kier molecular flexibility index (Phi) is 4.54. The number of hydrogen-bond acceptors (Lipinski definition) is 2. The molecule has 17 heavy (non-hydrogen) atoms. The lowest BCUT2D eigenvalue weighted by Gasteiger charge is -2.24. The topological polar surface area (TPSA) is 57.5 Å². The Morgan fingerprint density at radius 2 is 1.94 bits per heavy atom. The Labute approximate surface area is 106 Å². The van der Waals surface area contributed by atoms with E-state index in [-0.39, 0.29) is 5.92 Å². The van der Waals surface area contributed by atoms with E-state index in [9.17, 15) is 9.90 Å². The highest BCUT2D eigenvalue weighted by molar-refractivity contribution is 6.30. The third kappa shape index (κ3) is 3.20. The number of carboxylic acids is 1. The summed E-state index contributed by atoms with van der Waals surface area (Å²) < 4.78 is 0. The number of carboxylic acid groups (broad SMARTS) is 1. The molecule has 94 valence electrons. The molecule has 0 spiro atoms. The summed E-state index contributed by atoms with van der Waals surface area (Å²) in [7, 11) is 0. The van der Waals surface area contributed by atoms with Crippen LogP contribution >= 0.6 is 11.6 Å². The van der Waals surface area contributed by atoms with Crippen molar-refractivity contribution in [2.75, 3.05) is 0 Å². The normalized spacial score (nSPS) is 14.7. The van der Waals surface area contributed by atoms with Crippen LogP contribution in [0.2, 0.25) is 5.02 Å². The van der Waals surface area contributed by atoms with Gasteiger partial charge in [0.05, 0.1) is 12.0 Å². The van der Waals surface area contributed by atoms with Gasteiger partial charge in [-0.1, -0.05) is 31.5 Å². The number of benzene rings is 1. The average molecular weight is 257 g/mol. The van der Waals surface area contributed by atoms with Gasteiger partial charge in [-0.15, -0.1) is 0 Å². The number of aryl methyl sites for hydroxylation is 1. The summed E-state index contributed by atoms with van der Waals surface area (Å²) >= 11 is 5.83. The van der Waals surface area contributed by atoms with Crippen LogP contribution < -0.4 is 0 Å². The van der Waals surface area contributed by atoms with Crippen molar-refractivity contribution in [1.29, 1.82) is 0 Å². The van der Waals surface area contributed by atoms with Crippen molar-refractivity contribution < 1.29 is 15.0 Å². The molecule has 0 aliphatic heterocycles. The van der Waals surface area contributed by atoms with Crippen molar-refractivity contribution in [3.8, 4) is 0 Å². The molecule has 1 rings (SSSR count). The van der Waals surface area contributed by atoms with Gasteiger partial charge < -0.3 is 10.2 Å². The summed E-state index contributed by atoms with van der Waals surface area (Å²) in [5.74, 6) is -1.94. The maximum absolute atomic E-state index is 11.1. The van der Waals surface area contributed by atoms with Gasteiger partial charge in [0.15, 0.2) is 0 Å². The zero-order chi connectivity index (χ0) is 13.2. The Morgan fingerprint density at radius 3 is 2.35 bits per heavy atom. The molecule has 2 N–H and O–H groups in total. The fourth-order valence-electron chi connectivity index (χ4n) is 1.95. The van der Waals surface area contributed by atoms with Gasteiger partial charge in [-0.3, -0.25) is 4.79 Å². The molecule has 2 atom stereocenters. The van der Waals surface area contributed by atoms with Crippen molar-refractivity contribution in [3.63, 3.8) is 0 Å². The van der Waals surface area contributed by atoms with Crippen LogP contribution in [-0.4, -0.2) is 16.2 Å². The standard InChI is InChI=1S/C13H17ClO3/c1-7(2)11(13(16)17)12(15)10-5-4-9(14)6-8(10)3/h4-7,11-12,15H,1-3H3,(H,16,17). The molecule has 1 aromatic rings. The second-order valence-corrected chi connectivity index (χ2v) is 4.99. The summed E-state index contributed by atoms with van der Waals surface area (Å²) in [6.07, 6.45) is -1.01. The Balaban J connectivity index is 3.09. The van der Waals surface area contributed by atoms with Crippen LogP contribution in [0.25, 0.3) is 0 Å². The minimum atomic E-state index is -1.01. The molecule has 1 aromatic carbocycles. The predicted molar refractivity (Wildman–Crippen MR) is 67.1 cm³/mol. The van der Waals surface area contributed by atoms with Crippen LogP contribution in [0.3, 0.4) is 0 Å². The minimum absolute atomic E-state index is 0.141. The first-order valence-corrected chi connectivity index (χ1v) is 5.89. The van der Waals surface area contributed by atoms with E-state index in [2.05, 4.69) is 0 Å². The highest BCUT2D eigenvalue weighted by atomic mass is 35.5. The first-order chi connectivity index (χ1) is 7.84. The zero-order valence-electron chi connectivity index (χ0n) is 10.1. The highest BCUT2D eigenvalue weighted by Gasteiger charge is 2.31. The monoisotopic (exact) mass is 256 g/mol. The van der Waals surface area contributed by atoms with E-state index in [1.807, 2.05) is 6.92 Å². The van der Waals surface area contributed by atoms with Crippen molar-refractivity contribution in [3.05, 3.63) is 34.3 Å². The Morgan fingerprint density at radius 1 is 1.35 bits per heavy atom. The number of aliphatic hydroxyl groups is 1. The second kappa shape index (κ2) is 5.52. The van der Waals surface area contributed by atoms with Crippen molar-refractivity contribution in [2.45, 2.75) is 26.9 Å². The SMILES string of the molecule is Cc1cc(Cl)ccc1C(O)C(C(=O)O)C(C)C. The fourth-order valence-corrected chi connectivity index (χ4v) is 2.18. The van der Waals surface area contributed by atoms with Gasteiger partial charge in [0.1, 0.15) is 0 Å². The number of hydrogen-bond donors (Lipinski definition) is 2. The molecule has 0 radical (unpaired) electrons. The molecule has 0 saturated carbocycles. The second-order valence-electron chi connectivity index (χ2n) is 4.55. The van der Waals surface area contributed by atoms with Gasteiger partial charge in [0.25, 0.3) is 0 Å². The molecule has 0 aromatic heterocycles. The van der Waals surface area contributed by atoms with Crippen LogP contribution in [0.4, 0.5) is 0 Å². The van der Waals surface area contributed by atoms with Crippen molar-refractivity contribution in [1.82, 2.24) is 0 Å². The molecular weight excluding hydrogens is 240 g/mol. The molecule has 0 bridgehead atoms. The van der Waals surface area contributed by atoms with E-state index in [1.165, 1.54) is 0 Å². The van der Waals surface area contributed by atoms with Crippen molar-refractivity contribution >= 4 is 17.6 Å². The molecule has 0 amide bonds. The number of rotatable bonds is 4. The van der Waals surface area contributed by atoms with Gasteiger partial charge in [0.2, 0.25) is 0 Å². The third-order valence-corrected chi connectivity index (χ3v) is 3.13. The summed E-state index contributed by atoms with van der Waals surface area (Å²) in [5.41, 5.74) is 1.42. The number of halogens is 1. The maximum atomic E-state index is 11.1. The van der Waals surface area contributed by atoms with Gasteiger partial charge in [-0.2, -0.15) is 0 Å². The van der Waals surface area contributed by atoms with Gasteiger partial charge in [-0.25, -0.2) is 0 Å². The minimum Gasteiger partial charge on any atom is -0.481 e. The fraction of sp³-hybridized carbons (Fsp3) is 0.462. The zero-order valence-corrected chi connectivity index (χ0v) is 10.9. The summed E-state index contributed by atoms with van der Waals surface area (Å²) in [5, 5.41) is 19.9. The average Bonchev–Trinajstić information content (AvgIpc) is 2.15. The lowest BCUT2D eigenvalue weighted by atomic mass is 9.85. The molecule has 0 heterocycles.